The lowest BCUT2D eigenvalue weighted by atomic mass is 10.1. The molecular weight excluding hydrogens is 241 g/mol. The van der Waals surface area contributed by atoms with Gasteiger partial charge in [0.05, 0.1) is 6.61 Å². The molecule has 0 aromatic rings. The van der Waals surface area contributed by atoms with Gasteiger partial charge in [0.25, 0.3) is 0 Å². The standard InChI is InChI=1S/C7H14INO/c1-2-10-6-7(3-4-7)5-9-8/h9H,2-6H2,1H3. The van der Waals surface area contributed by atoms with Crippen molar-refractivity contribution >= 4 is 22.9 Å². The zero-order chi connectivity index (χ0) is 7.45. The summed E-state index contributed by atoms with van der Waals surface area (Å²) in [5.41, 5.74) is 0.511. The molecule has 3 heteroatoms. The molecule has 0 radical (unpaired) electrons. The molecule has 1 rings (SSSR count). The Kier molecular flexibility index (Phi) is 3.39. The molecule has 0 amide bonds. The van der Waals surface area contributed by atoms with Gasteiger partial charge in [-0.1, -0.05) is 0 Å². The third-order valence-corrected chi connectivity index (χ3v) is 2.39. The van der Waals surface area contributed by atoms with Crippen LogP contribution in [0.4, 0.5) is 0 Å². The van der Waals surface area contributed by atoms with Crippen LogP contribution >= 0.6 is 22.9 Å². The molecule has 0 spiro atoms. The summed E-state index contributed by atoms with van der Waals surface area (Å²) in [6.45, 7) is 4.95. The normalized spacial score (nSPS) is 21.0. The summed E-state index contributed by atoms with van der Waals surface area (Å²) in [4.78, 5) is 0. The molecule has 2 nitrogen and oxygen atoms in total. The van der Waals surface area contributed by atoms with Crippen LogP contribution in [0.2, 0.25) is 0 Å². The van der Waals surface area contributed by atoms with Gasteiger partial charge < -0.3 is 4.74 Å². The van der Waals surface area contributed by atoms with Crippen LogP contribution in [0.5, 0.6) is 0 Å². The van der Waals surface area contributed by atoms with E-state index in [2.05, 4.69) is 26.4 Å². The molecule has 1 saturated carbocycles. The Morgan fingerprint density at radius 2 is 2.30 bits per heavy atom. The number of rotatable bonds is 5. The van der Waals surface area contributed by atoms with E-state index >= 15 is 0 Å². The molecule has 1 N–H and O–H groups in total. The Labute approximate surface area is 76.2 Å². The number of ether oxygens (including phenoxy) is 1. The van der Waals surface area contributed by atoms with E-state index in [-0.39, 0.29) is 0 Å². The second kappa shape index (κ2) is 3.88. The van der Waals surface area contributed by atoms with Crippen molar-refractivity contribution in [2.75, 3.05) is 19.8 Å². The monoisotopic (exact) mass is 255 g/mol. The van der Waals surface area contributed by atoms with Crippen molar-refractivity contribution in [1.82, 2.24) is 3.53 Å². The zero-order valence-corrected chi connectivity index (χ0v) is 8.48. The van der Waals surface area contributed by atoms with Gasteiger partial charge in [0.1, 0.15) is 0 Å². The maximum Gasteiger partial charge on any atom is 0.0534 e. The average molecular weight is 255 g/mol. The fourth-order valence-electron chi connectivity index (χ4n) is 1.01. The molecule has 0 aliphatic heterocycles. The van der Waals surface area contributed by atoms with E-state index in [1.54, 1.807) is 0 Å². The van der Waals surface area contributed by atoms with Crippen LogP contribution < -0.4 is 3.53 Å². The first-order valence-corrected chi connectivity index (χ1v) is 4.82. The fourth-order valence-corrected chi connectivity index (χ4v) is 1.82. The Morgan fingerprint density at radius 1 is 1.60 bits per heavy atom. The summed E-state index contributed by atoms with van der Waals surface area (Å²) in [7, 11) is 0. The van der Waals surface area contributed by atoms with Crippen LogP contribution in [0, 0.1) is 5.41 Å². The van der Waals surface area contributed by atoms with Gasteiger partial charge in [-0.3, -0.25) is 3.53 Å². The molecule has 10 heavy (non-hydrogen) atoms. The summed E-state index contributed by atoms with van der Waals surface area (Å²) >= 11 is 2.20. The molecule has 0 aromatic carbocycles. The van der Waals surface area contributed by atoms with E-state index in [1.807, 2.05) is 6.92 Å². The lowest BCUT2D eigenvalue weighted by Gasteiger charge is -2.12. The Morgan fingerprint density at radius 3 is 2.70 bits per heavy atom. The van der Waals surface area contributed by atoms with Gasteiger partial charge in [0.15, 0.2) is 0 Å². The van der Waals surface area contributed by atoms with Gasteiger partial charge in [-0.05, 0) is 19.8 Å². The predicted molar refractivity (Wildman–Crippen MR) is 50.2 cm³/mol. The zero-order valence-electron chi connectivity index (χ0n) is 6.32. The van der Waals surface area contributed by atoms with Crippen molar-refractivity contribution in [3.8, 4) is 0 Å². The molecule has 1 fully saturated rings. The van der Waals surface area contributed by atoms with Crippen LogP contribution in [0.25, 0.3) is 0 Å². The third kappa shape index (κ3) is 2.36. The first-order chi connectivity index (χ1) is 4.83. The Hall–Kier alpha value is 0.650. The SMILES string of the molecule is CCOCC1(CNI)CC1. The quantitative estimate of drug-likeness (QED) is 0.596. The van der Waals surface area contributed by atoms with E-state index in [1.165, 1.54) is 12.8 Å². The van der Waals surface area contributed by atoms with Crippen molar-refractivity contribution in [1.29, 1.82) is 0 Å². The minimum atomic E-state index is 0.511. The van der Waals surface area contributed by atoms with Crippen LogP contribution in [-0.2, 0) is 4.74 Å². The van der Waals surface area contributed by atoms with Gasteiger partial charge in [-0.15, -0.1) is 0 Å². The lowest BCUT2D eigenvalue weighted by molar-refractivity contribution is 0.103. The van der Waals surface area contributed by atoms with Crippen molar-refractivity contribution < 1.29 is 4.74 Å². The second-order valence-corrected chi connectivity index (χ2v) is 3.71. The van der Waals surface area contributed by atoms with E-state index in [9.17, 15) is 0 Å². The van der Waals surface area contributed by atoms with Crippen molar-refractivity contribution in [3.63, 3.8) is 0 Å². The summed E-state index contributed by atoms with van der Waals surface area (Å²) in [5, 5.41) is 0. The highest BCUT2D eigenvalue weighted by Crippen LogP contribution is 2.45. The van der Waals surface area contributed by atoms with Crippen molar-refractivity contribution in [2.45, 2.75) is 19.8 Å². The molecule has 0 saturated heterocycles. The Balaban J connectivity index is 2.11. The molecule has 0 unspecified atom stereocenters. The van der Waals surface area contributed by atoms with Gasteiger partial charge >= 0.3 is 0 Å². The molecule has 0 aromatic heterocycles. The highest BCUT2D eigenvalue weighted by molar-refractivity contribution is 14.1. The maximum absolute atomic E-state index is 5.37. The third-order valence-electron chi connectivity index (χ3n) is 2.01. The topological polar surface area (TPSA) is 21.3 Å². The summed E-state index contributed by atoms with van der Waals surface area (Å²) in [6.07, 6.45) is 2.67. The fraction of sp³-hybridized carbons (Fsp3) is 1.00. The number of hydrogen-bond acceptors (Lipinski definition) is 2. The summed E-state index contributed by atoms with van der Waals surface area (Å²) < 4.78 is 8.54. The van der Waals surface area contributed by atoms with Gasteiger partial charge in [-0.25, -0.2) is 0 Å². The molecule has 0 atom stereocenters. The second-order valence-electron chi connectivity index (χ2n) is 2.95. The maximum atomic E-state index is 5.37. The minimum absolute atomic E-state index is 0.511. The minimum Gasteiger partial charge on any atom is -0.381 e. The Bertz CT molecular complexity index is 104. The molecular formula is C7H14INO. The van der Waals surface area contributed by atoms with E-state index < -0.39 is 0 Å². The molecule has 0 bridgehead atoms. The summed E-state index contributed by atoms with van der Waals surface area (Å²) in [5.74, 6) is 0. The largest absolute Gasteiger partial charge is 0.381 e. The molecule has 0 heterocycles. The van der Waals surface area contributed by atoms with E-state index in [4.69, 9.17) is 4.74 Å². The molecule has 1 aliphatic carbocycles. The smallest absolute Gasteiger partial charge is 0.0534 e. The van der Waals surface area contributed by atoms with Crippen LogP contribution in [0.1, 0.15) is 19.8 Å². The van der Waals surface area contributed by atoms with Crippen LogP contribution in [0.3, 0.4) is 0 Å². The van der Waals surface area contributed by atoms with Crippen LogP contribution in [-0.4, -0.2) is 19.8 Å². The van der Waals surface area contributed by atoms with Crippen molar-refractivity contribution in [2.24, 2.45) is 5.41 Å². The van der Waals surface area contributed by atoms with Crippen molar-refractivity contribution in [3.05, 3.63) is 0 Å². The van der Waals surface area contributed by atoms with Crippen LogP contribution in [0.15, 0.2) is 0 Å². The van der Waals surface area contributed by atoms with Gasteiger partial charge in [0.2, 0.25) is 0 Å². The predicted octanol–water partition coefficient (Wildman–Crippen LogP) is 1.74. The number of hydrogen-bond donors (Lipinski definition) is 1. The van der Waals surface area contributed by atoms with Gasteiger partial charge in [0, 0.05) is 41.4 Å². The molecule has 1 aliphatic rings. The summed E-state index contributed by atoms with van der Waals surface area (Å²) in [6, 6.07) is 0. The van der Waals surface area contributed by atoms with E-state index in [0.29, 0.717) is 5.41 Å². The highest BCUT2D eigenvalue weighted by Gasteiger charge is 2.42. The van der Waals surface area contributed by atoms with E-state index in [0.717, 1.165) is 19.8 Å². The molecule has 60 valence electrons. The number of nitrogens with one attached hydrogen (secondary N) is 1. The highest BCUT2D eigenvalue weighted by atomic mass is 127. The first-order valence-electron chi connectivity index (χ1n) is 3.74. The average Bonchev–Trinajstić information content (AvgIpc) is 2.67. The van der Waals surface area contributed by atoms with Gasteiger partial charge in [-0.2, -0.15) is 0 Å². The number of halogens is 1. The first kappa shape index (κ1) is 8.74. The lowest BCUT2D eigenvalue weighted by Crippen LogP contribution is -2.21.